The lowest BCUT2D eigenvalue weighted by molar-refractivity contribution is -0.161. The molecule has 12 heteroatoms. The zero-order chi connectivity index (χ0) is 52.7. The van der Waals surface area contributed by atoms with E-state index in [9.17, 15) is 28.9 Å². The van der Waals surface area contributed by atoms with Crippen molar-refractivity contribution < 1.29 is 52.2 Å². The second-order valence-electron chi connectivity index (χ2n) is 19.4. The van der Waals surface area contributed by atoms with Gasteiger partial charge < -0.3 is 24.2 Å². The number of ether oxygens (including phenoxy) is 3. The topological polar surface area (TPSA) is 155 Å². The molecule has 0 aliphatic heterocycles. The van der Waals surface area contributed by atoms with Crippen molar-refractivity contribution in [2.45, 2.75) is 277 Å². The van der Waals surface area contributed by atoms with Crippen LogP contribution >= 0.6 is 7.82 Å². The first kappa shape index (κ1) is 69.2. The third kappa shape index (κ3) is 52.1. The number of carbonyl (C=O) groups is 3. The highest BCUT2D eigenvalue weighted by Gasteiger charge is 2.28. The van der Waals surface area contributed by atoms with Crippen LogP contribution in [0.15, 0.2) is 60.8 Å². The number of phosphoric acid groups is 1. The second kappa shape index (κ2) is 54.4. The molecule has 0 spiro atoms. The third-order valence-corrected chi connectivity index (χ3v) is 13.4. The van der Waals surface area contributed by atoms with E-state index in [1.165, 1.54) is 89.9 Å². The molecule has 11 nitrogen and oxygen atoms in total. The van der Waals surface area contributed by atoms with Gasteiger partial charge in [-0.2, -0.15) is 0 Å². The maximum Gasteiger partial charge on any atom is 0.472 e. The fourth-order valence-corrected chi connectivity index (χ4v) is 8.78. The Morgan fingerprint density at radius 2 is 0.750 bits per heavy atom. The van der Waals surface area contributed by atoms with Crippen LogP contribution in [0, 0.1) is 0 Å². The number of phosphoric ester groups is 1. The monoisotopic (exact) mass is 1030 g/mol. The summed E-state index contributed by atoms with van der Waals surface area (Å²) < 4.78 is 39.5. The number of allylic oxidation sites excluding steroid dienone is 10. The Labute approximate surface area is 440 Å². The Bertz CT molecular complexity index is 1440. The van der Waals surface area contributed by atoms with Gasteiger partial charge in [0.2, 0.25) is 0 Å². The van der Waals surface area contributed by atoms with Crippen molar-refractivity contribution in [1.82, 2.24) is 0 Å². The van der Waals surface area contributed by atoms with E-state index >= 15 is 0 Å². The van der Waals surface area contributed by atoms with E-state index in [1.54, 1.807) is 0 Å². The standard InChI is InChI=1S/C60H107O11P/c1-4-7-10-13-16-19-22-25-27-28-30-32-34-37-40-43-46-49-58(62)67-53-57(71-60(64)51-48-45-42-39-36-33-29-26-23-20-17-14-11-8-5-2)55-69-72(65,66)68-54-56(52-61)70-59(63)50-47-44-41-38-35-31-24-21-18-15-12-9-6-3/h8,11-12,15,17,20-21,24,26,29,56-57,61H,4-7,9-10,13-14,16,18-19,22-23,25,27-28,30-55H2,1-3H3,(H,65,66)/b11-8-,15-12-,20-17-,24-21-,29-26-. The molecule has 0 heterocycles. The van der Waals surface area contributed by atoms with Crippen LogP contribution in [-0.4, -0.2) is 66.5 Å². The third-order valence-electron chi connectivity index (χ3n) is 12.4. The van der Waals surface area contributed by atoms with E-state index in [0.717, 1.165) is 116 Å². The number of aliphatic hydroxyl groups is 1. The lowest BCUT2D eigenvalue weighted by Gasteiger charge is -2.21. The lowest BCUT2D eigenvalue weighted by atomic mass is 10.0. The molecule has 0 aromatic rings. The molecule has 3 unspecified atom stereocenters. The van der Waals surface area contributed by atoms with Crippen LogP contribution in [0.2, 0.25) is 0 Å². The van der Waals surface area contributed by atoms with E-state index in [2.05, 4.69) is 81.5 Å². The van der Waals surface area contributed by atoms with E-state index < -0.39 is 57.8 Å². The van der Waals surface area contributed by atoms with Gasteiger partial charge in [0.25, 0.3) is 0 Å². The van der Waals surface area contributed by atoms with E-state index in [0.29, 0.717) is 19.3 Å². The van der Waals surface area contributed by atoms with Crippen molar-refractivity contribution in [1.29, 1.82) is 0 Å². The fourth-order valence-electron chi connectivity index (χ4n) is 8.00. The summed E-state index contributed by atoms with van der Waals surface area (Å²) in [4.78, 5) is 48.5. The number of aliphatic hydroxyl groups excluding tert-OH is 1. The van der Waals surface area contributed by atoms with Gasteiger partial charge in [0.05, 0.1) is 19.8 Å². The lowest BCUT2D eigenvalue weighted by Crippen LogP contribution is -2.30. The number of hydrogen-bond acceptors (Lipinski definition) is 10. The maximum absolute atomic E-state index is 12.9. The van der Waals surface area contributed by atoms with Gasteiger partial charge in [-0.3, -0.25) is 23.4 Å². The van der Waals surface area contributed by atoms with Crippen LogP contribution in [0.1, 0.15) is 265 Å². The van der Waals surface area contributed by atoms with Gasteiger partial charge in [-0.05, 0) is 77.0 Å². The molecule has 0 aromatic heterocycles. The molecule has 0 aromatic carbocycles. The van der Waals surface area contributed by atoms with E-state index in [1.807, 2.05) is 0 Å². The highest BCUT2D eigenvalue weighted by Crippen LogP contribution is 2.43. The average molecular weight is 1040 g/mol. The van der Waals surface area contributed by atoms with Crippen molar-refractivity contribution >= 4 is 25.7 Å². The Hall–Kier alpha value is -2.82. The van der Waals surface area contributed by atoms with Gasteiger partial charge in [-0.1, -0.05) is 229 Å². The van der Waals surface area contributed by atoms with E-state index in [4.69, 9.17) is 23.3 Å². The van der Waals surface area contributed by atoms with Crippen molar-refractivity contribution in [2.24, 2.45) is 0 Å². The molecule has 0 aliphatic carbocycles. The smallest absolute Gasteiger partial charge is 0.462 e. The summed E-state index contributed by atoms with van der Waals surface area (Å²) in [5.41, 5.74) is 0. The summed E-state index contributed by atoms with van der Waals surface area (Å²) in [6, 6.07) is 0. The molecule has 0 fully saturated rings. The number of rotatable bonds is 54. The molecule has 0 aliphatic rings. The Morgan fingerprint density at radius 1 is 0.403 bits per heavy atom. The Balaban J connectivity index is 4.73. The van der Waals surface area contributed by atoms with Gasteiger partial charge >= 0.3 is 25.7 Å². The second-order valence-corrected chi connectivity index (χ2v) is 20.9. The average Bonchev–Trinajstić information content (AvgIpc) is 3.37. The molecular weight excluding hydrogens is 928 g/mol. The van der Waals surface area contributed by atoms with Gasteiger partial charge in [0.1, 0.15) is 12.7 Å². The van der Waals surface area contributed by atoms with Gasteiger partial charge in [-0.25, -0.2) is 4.57 Å². The predicted octanol–water partition coefficient (Wildman–Crippen LogP) is 17.1. The highest BCUT2D eigenvalue weighted by molar-refractivity contribution is 7.47. The molecule has 3 atom stereocenters. The largest absolute Gasteiger partial charge is 0.472 e. The molecule has 0 saturated heterocycles. The quantitative estimate of drug-likeness (QED) is 0.0197. The summed E-state index contributed by atoms with van der Waals surface area (Å²) in [6.07, 6.45) is 58.9. The van der Waals surface area contributed by atoms with E-state index in [-0.39, 0.29) is 25.9 Å². The first-order valence-corrected chi connectivity index (χ1v) is 30.7. The number of hydrogen-bond donors (Lipinski definition) is 2. The van der Waals surface area contributed by atoms with Crippen LogP contribution in [0.3, 0.4) is 0 Å². The summed E-state index contributed by atoms with van der Waals surface area (Å²) in [6.45, 7) is 4.46. The summed E-state index contributed by atoms with van der Waals surface area (Å²) in [5.74, 6) is -1.49. The molecule has 0 amide bonds. The van der Waals surface area contributed by atoms with Crippen molar-refractivity contribution in [3.8, 4) is 0 Å². The first-order valence-electron chi connectivity index (χ1n) is 29.2. The summed E-state index contributed by atoms with van der Waals surface area (Å²) >= 11 is 0. The normalized spacial score (nSPS) is 13.8. The molecule has 0 radical (unpaired) electrons. The molecule has 418 valence electrons. The van der Waals surface area contributed by atoms with Crippen LogP contribution in [0.5, 0.6) is 0 Å². The molecular formula is C60H107O11P. The molecule has 0 rings (SSSR count). The fraction of sp³-hybridized carbons (Fsp3) is 0.783. The van der Waals surface area contributed by atoms with Gasteiger partial charge in [0.15, 0.2) is 6.10 Å². The molecule has 72 heavy (non-hydrogen) atoms. The number of carbonyl (C=O) groups excluding carboxylic acids is 3. The van der Waals surface area contributed by atoms with Gasteiger partial charge in [-0.15, -0.1) is 0 Å². The van der Waals surface area contributed by atoms with Crippen LogP contribution in [-0.2, 0) is 42.2 Å². The minimum atomic E-state index is -4.75. The highest BCUT2D eigenvalue weighted by atomic mass is 31.2. The maximum atomic E-state index is 12.9. The molecule has 2 N–H and O–H groups in total. The summed E-state index contributed by atoms with van der Waals surface area (Å²) in [5, 5.41) is 9.80. The van der Waals surface area contributed by atoms with Crippen LogP contribution in [0.4, 0.5) is 0 Å². The zero-order valence-electron chi connectivity index (χ0n) is 46.1. The molecule has 0 bridgehead atoms. The van der Waals surface area contributed by atoms with Crippen LogP contribution < -0.4 is 0 Å². The Kier molecular flexibility index (Phi) is 52.3. The SMILES string of the molecule is CC/C=C\C/C=C\C/C=C\CCCCCCCC(=O)OC(COC(=O)CCCCCCCCCCCCCCCCCCC)COP(=O)(O)OCC(CO)OC(=O)CCCCCCC/C=C\C/C=C\CCC. The Morgan fingerprint density at radius 3 is 1.17 bits per heavy atom. The predicted molar refractivity (Wildman–Crippen MR) is 298 cm³/mol. The minimum absolute atomic E-state index is 0.148. The van der Waals surface area contributed by atoms with Crippen molar-refractivity contribution in [2.75, 3.05) is 26.4 Å². The minimum Gasteiger partial charge on any atom is -0.462 e. The van der Waals surface area contributed by atoms with Crippen LogP contribution in [0.25, 0.3) is 0 Å². The van der Waals surface area contributed by atoms with Gasteiger partial charge in [0, 0.05) is 19.3 Å². The zero-order valence-corrected chi connectivity index (χ0v) is 47.0. The number of unbranched alkanes of at least 4 members (excludes halogenated alkanes) is 27. The van der Waals surface area contributed by atoms with Crippen molar-refractivity contribution in [3.63, 3.8) is 0 Å². The summed E-state index contributed by atoms with van der Waals surface area (Å²) in [7, 11) is -4.75. The van der Waals surface area contributed by atoms with Crippen molar-refractivity contribution in [3.05, 3.63) is 60.8 Å². The number of esters is 3. The molecule has 0 saturated carbocycles. The first-order chi connectivity index (χ1) is 35.2.